The molecule has 0 saturated carbocycles. The van der Waals surface area contributed by atoms with Crippen LogP contribution in [0.1, 0.15) is 46.1 Å². The number of likely N-dealkylation sites (tertiary alicyclic amines) is 1. The highest BCUT2D eigenvalue weighted by atomic mass is 16.5. The van der Waals surface area contributed by atoms with Crippen LogP contribution in [0.5, 0.6) is 5.75 Å². The molecule has 5 heteroatoms. The summed E-state index contributed by atoms with van der Waals surface area (Å²) in [6.45, 7) is 14.4. The molecular weight excluding hydrogens is 350 g/mol. The van der Waals surface area contributed by atoms with E-state index in [1.165, 1.54) is 18.4 Å². The zero-order valence-corrected chi connectivity index (χ0v) is 18.3. The van der Waals surface area contributed by atoms with E-state index >= 15 is 0 Å². The molecule has 3 rings (SSSR count). The highest BCUT2D eigenvalue weighted by Gasteiger charge is 2.42. The molecule has 0 radical (unpaired) electrons. The maximum Gasteiger partial charge on any atom is 0.193 e. The minimum atomic E-state index is 0.000396. The average Bonchev–Trinajstić information content (AvgIpc) is 3.31. The van der Waals surface area contributed by atoms with Crippen LogP contribution < -0.4 is 10.1 Å². The van der Waals surface area contributed by atoms with Gasteiger partial charge in [-0.15, -0.1) is 0 Å². The van der Waals surface area contributed by atoms with Crippen molar-refractivity contribution in [3.8, 4) is 5.75 Å². The molecule has 5 nitrogen and oxygen atoms in total. The lowest BCUT2D eigenvalue weighted by atomic mass is 9.84. The summed E-state index contributed by atoms with van der Waals surface area (Å²) in [5.41, 5.74) is 1.65. The molecule has 0 bridgehead atoms. The van der Waals surface area contributed by atoms with Gasteiger partial charge in [-0.05, 0) is 36.5 Å². The first kappa shape index (κ1) is 21.0. The molecule has 0 aromatic heterocycles. The first-order valence-corrected chi connectivity index (χ1v) is 10.6. The third kappa shape index (κ3) is 4.99. The van der Waals surface area contributed by atoms with E-state index < -0.39 is 0 Å². The lowest BCUT2D eigenvalue weighted by Crippen LogP contribution is -2.45. The summed E-state index contributed by atoms with van der Waals surface area (Å²) in [6.07, 6.45) is 2.38. The lowest BCUT2D eigenvalue weighted by Gasteiger charge is -2.30. The number of nitrogens with zero attached hydrogens (tertiary/aromatic N) is 2. The highest BCUT2D eigenvalue weighted by Crippen LogP contribution is 2.38. The minimum Gasteiger partial charge on any atom is -0.493 e. The van der Waals surface area contributed by atoms with Gasteiger partial charge >= 0.3 is 0 Å². The number of guanidine groups is 1. The van der Waals surface area contributed by atoms with Gasteiger partial charge in [-0.1, -0.05) is 39.8 Å². The molecule has 2 fully saturated rings. The summed E-state index contributed by atoms with van der Waals surface area (Å²) in [4.78, 5) is 6.94. The monoisotopic (exact) mass is 387 g/mol. The standard InChI is InChI=1S/C23H37N3O2/c1-18(2)14-28-20-8-6-19(7-9-20)22(3,4)15-25-21(24-5)26-12-10-23(16-26)11-13-27-17-23/h6-9,18H,10-17H2,1-5H3,(H,24,25). The van der Waals surface area contributed by atoms with Crippen LogP contribution in [-0.4, -0.2) is 57.4 Å². The lowest BCUT2D eigenvalue weighted by molar-refractivity contribution is 0.156. The van der Waals surface area contributed by atoms with E-state index in [-0.39, 0.29) is 5.41 Å². The topological polar surface area (TPSA) is 46.1 Å². The van der Waals surface area contributed by atoms with E-state index in [9.17, 15) is 0 Å². The van der Waals surface area contributed by atoms with Gasteiger partial charge in [0.1, 0.15) is 5.75 Å². The second-order valence-electron chi connectivity index (χ2n) is 9.49. The first-order chi connectivity index (χ1) is 13.3. The van der Waals surface area contributed by atoms with Crippen molar-refractivity contribution in [2.75, 3.05) is 46.5 Å². The molecule has 2 aliphatic rings. The van der Waals surface area contributed by atoms with Crippen LogP contribution in [0.25, 0.3) is 0 Å². The van der Waals surface area contributed by atoms with Gasteiger partial charge in [-0.3, -0.25) is 4.99 Å². The van der Waals surface area contributed by atoms with Gasteiger partial charge < -0.3 is 19.7 Å². The van der Waals surface area contributed by atoms with E-state index in [0.717, 1.165) is 51.2 Å². The molecule has 1 atom stereocenters. The fourth-order valence-electron chi connectivity index (χ4n) is 4.09. The van der Waals surface area contributed by atoms with E-state index in [0.29, 0.717) is 11.3 Å². The Labute approximate surface area is 170 Å². The summed E-state index contributed by atoms with van der Waals surface area (Å²) >= 11 is 0. The quantitative estimate of drug-likeness (QED) is 0.597. The summed E-state index contributed by atoms with van der Waals surface area (Å²) in [7, 11) is 1.88. The predicted molar refractivity (Wildman–Crippen MR) is 115 cm³/mol. The molecule has 2 saturated heterocycles. The van der Waals surface area contributed by atoms with Crippen molar-refractivity contribution in [2.24, 2.45) is 16.3 Å². The Morgan fingerprint density at radius 3 is 2.64 bits per heavy atom. The maximum atomic E-state index is 5.81. The van der Waals surface area contributed by atoms with Crippen molar-refractivity contribution in [1.29, 1.82) is 0 Å². The number of ether oxygens (including phenoxy) is 2. The van der Waals surface area contributed by atoms with Crippen molar-refractivity contribution in [1.82, 2.24) is 10.2 Å². The minimum absolute atomic E-state index is 0.000396. The Morgan fingerprint density at radius 1 is 1.29 bits per heavy atom. The molecule has 1 unspecified atom stereocenters. The third-order valence-electron chi connectivity index (χ3n) is 6.04. The number of hydrogen-bond donors (Lipinski definition) is 1. The summed E-state index contributed by atoms with van der Waals surface area (Å²) in [6, 6.07) is 8.53. The van der Waals surface area contributed by atoms with Crippen LogP contribution in [0, 0.1) is 11.3 Å². The van der Waals surface area contributed by atoms with Crippen molar-refractivity contribution in [3.63, 3.8) is 0 Å². The number of rotatable bonds is 6. The zero-order valence-electron chi connectivity index (χ0n) is 18.3. The molecule has 1 aromatic rings. The Hall–Kier alpha value is -1.75. The molecule has 2 heterocycles. The predicted octanol–water partition coefficient (Wildman–Crippen LogP) is 3.69. The summed E-state index contributed by atoms with van der Waals surface area (Å²) < 4.78 is 11.5. The number of aliphatic imine (C=N–C) groups is 1. The Morgan fingerprint density at radius 2 is 2.04 bits per heavy atom. The van der Waals surface area contributed by atoms with E-state index in [2.05, 4.69) is 67.2 Å². The van der Waals surface area contributed by atoms with Gasteiger partial charge in [0.2, 0.25) is 0 Å². The molecule has 0 amide bonds. The molecular formula is C23H37N3O2. The normalized spacial score (nSPS) is 23.1. The SMILES string of the molecule is CN=C(NCC(C)(C)c1ccc(OCC(C)C)cc1)N1CCC2(CCOC2)C1. The Kier molecular flexibility index (Phi) is 6.54. The van der Waals surface area contributed by atoms with Gasteiger partial charge in [0.15, 0.2) is 5.96 Å². The fourth-order valence-corrected chi connectivity index (χ4v) is 4.09. The summed E-state index contributed by atoms with van der Waals surface area (Å²) in [5, 5.41) is 3.62. The van der Waals surface area contributed by atoms with Crippen LogP contribution in [0.3, 0.4) is 0 Å². The van der Waals surface area contributed by atoms with Crippen molar-refractivity contribution in [2.45, 2.75) is 46.0 Å². The largest absolute Gasteiger partial charge is 0.493 e. The molecule has 1 aromatic carbocycles. The highest BCUT2D eigenvalue weighted by molar-refractivity contribution is 5.80. The Balaban J connectivity index is 1.56. The average molecular weight is 388 g/mol. The van der Waals surface area contributed by atoms with E-state index in [1.807, 2.05) is 7.05 Å². The number of nitrogens with one attached hydrogen (secondary N) is 1. The van der Waals surface area contributed by atoms with Crippen LogP contribution >= 0.6 is 0 Å². The van der Waals surface area contributed by atoms with Crippen molar-refractivity contribution < 1.29 is 9.47 Å². The number of benzene rings is 1. The van der Waals surface area contributed by atoms with Crippen LogP contribution in [0.15, 0.2) is 29.3 Å². The van der Waals surface area contributed by atoms with Crippen molar-refractivity contribution in [3.05, 3.63) is 29.8 Å². The van der Waals surface area contributed by atoms with E-state index in [1.54, 1.807) is 0 Å². The van der Waals surface area contributed by atoms with Gasteiger partial charge in [0.25, 0.3) is 0 Å². The van der Waals surface area contributed by atoms with E-state index in [4.69, 9.17) is 9.47 Å². The third-order valence-corrected chi connectivity index (χ3v) is 6.04. The second-order valence-corrected chi connectivity index (χ2v) is 9.49. The molecule has 28 heavy (non-hydrogen) atoms. The van der Waals surface area contributed by atoms with Crippen LogP contribution in [0.4, 0.5) is 0 Å². The first-order valence-electron chi connectivity index (χ1n) is 10.6. The van der Waals surface area contributed by atoms with Gasteiger partial charge in [0.05, 0.1) is 13.2 Å². The molecule has 1 N–H and O–H groups in total. The molecule has 2 aliphatic heterocycles. The molecule has 1 spiro atoms. The second kappa shape index (κ2) is 8.73. The molecule has 0 aliphatic carbocycles. The van der Waals surface area contributed by atoms with Crippen molar-refractivity contribution >= 4 is 5.96 Å². The maximum absolute atomic E-state index is 5.81. The van der Waals surface area contributed by atoms with Gasteiger partial charge in [-0.2, -0.15) is 0 Å². The Bertz CT molecular complexity index is 661. The van der Waals surface area contributed by atoms with Gasteiger partial charge in [-0.25, -0.2) is 0 Å². The summed E-state index contributed by atoms with van der Waals surface area (Å²) in [5.74, 6) is 2.49. The zero-order chi connectivity index (χ0) is 20.2. The molecule has 156 valence electrons. The fraction of sp³-hybridized carbons (Fsp3) is 0.696. The van der Waals surface area contributed by atoms with Crippen LogP contribution in [0.2, 0.25) is 0 Å². The van der Waals surface area contributed by atoms with Gasteiger partial charge in [0, 0.05) is 44.1 Å². The smallest absolute Gasteiger partial charge is 0.193 e. The number of hydrogen-bond acceptors (Lipinski definition) is 3. The van der Waals surface area contributed by atoms with Crippen LogP contribution in [-0.2, 0) is 10.2 Å².